The molecule has 0 bridgehead atoms. The minimum atomic E-state index is -0.761. The fourth-order valence-corrected chi connectivity index (χ4v) is 1.69. The van der Waals surface area contributed by atoms with E-state index in [1.807, 2.05) is 0 Å². The lowest BCUT2D eigenvalue weighted by Crippen LogP contribution is -2.38. The Kier molecular flexibility index (Phi) is 6.31. The molecule has 0 saturated heterocycles. The van der Waals surface area contributed by atoms with E-state index in [1.54, 1.807) is 20.8 Å². The number of nitro benzene ring substituents is 1. The van der Waals surface area contributed by atoms with E-state index in [1.165, 1.54) is 24.3 Å². The Morgan fingerprint density at radius 3 is 2.33 bits per heavy atom. The average Bonchev–Trinajstić information content (AvgIpc) is 2.49. The van der Waals surface area contributed by atoms with Crippen LogP contribution in [0.3, 0.4) is 0 Å². The average molecular weight is 334 g/mol. The maximum absolute atomic E-state index is 12.0. The lowest BCUT2D eigenvalue weighted by molar-refractivity contribution is -0.384. The van der Waals surface area contributed by atoms with Crippen molar-refractivity contribution in [3.05, 3.63) is 45.5 Å². The summed E-state index contributed by atoms with van der Waals surface area (Å²) in [5, 5.41) is 12.9. The maximum atomic E-state index is 12.0. The summed E-state index contributed by atoms with van der Waals surface area (Å²) >= 11 is 0. The number of amides is 1. The van der Waals surface area contributed by atoms with Crippen molar-refractivity contribution < 1.29 is 24.0 Å². The van der Waals surface area contributed by atoms with E-state index in [4.69, 9.17) is 10.3 Å². The number of nitro groups is 1. The van der Waals surface area contributed by atoms with E-state index in [2.05, 4.69) is 10.1 Å². The van der Waals surface area contributed by atoms with Crippen molar-refractivity contribution in [3.8, 4) is 0 Å². The molecule has 1 rings (SSSR count). The molecule has 0 radical (unpaired) electrons. The van der Waals surface area contributed by atoms with Gasteiger partial charge < -0.3 is 15.6 Å². The monoisotopic (exact) mass is 334 g/mol. The van der Waals surface area contributed by atoms with E-state index in [0.717, 1.165) is 0 Å². The van der Waals surface area contributed by atoms with Crippen LogP contribution >= 0.6 is 0 Å². The number of non-ortho nitro benzene ring substituents is 1. The Morgan fingerprint density at radius 1 is 1.29 bits per heavy atom. The molecule has 24 heavy (non-hydrogen) atoms. The highest BCUT2D eigenvalue weighted by atomic mass is 16.6. The first-order chi connectivity index (χ1) is 11.1. The molecule has 1 amide bonds. The van der Waals surface area contributed by atoms with Crippen LogP contribution in [-0.2, 0) is 16.0 Å². The van der Waals surface area contributed by atoms with Crippen LogP contribution in [0.25, 0.3) is 5.53 Å². The van der Waals surface area contributed by atoms with Gasteiger partial charge in [0.15, 0.2) is 0 Å². The highest BCUT2D eigenvalue weighted by molar-refractivity contribution is 6.38. The molecular formula is C15H18N4O5. The van der Waals surface area contributed by atoms with Crippen LogP contribution in [-0.4, -0.2) is 39.4 Å². The molecule has 0 aliphatic rings. The highest BCUT2D eigenvalue weighted by Crippen LogP contribution is 2.12. The number of hydrogen-bond donors (Lipinski definition) is 1. The largest absolute Gasteiger partial charge is 0.444 e. The smallest absolute Gasteiger partial charge is 0.408 e. The molecule has 0 aromatic heterocycles. The lowest BCUT2D eigenvalue weighted by Gasteiger charge is -2.19. The zero-order chi connectivity index (χ0) is 18.3. The first-order valence-electron chi connectivity index (χ1n) is 7.06. The standard InChI is InChI=1S/C15H18N4O5/c1-15(2,3)24-14(21)17-9-13(20)12(18-16)8-10-4-6-11(7-5-10)19(22)23/h4-7H,8-9H2,1-3H3,(H,17,21). The molecule has 9 heteroatoms. The number of benzene rings is 1. The van der Waals surface area contributed by atoms with Crippen LogP contribution in [0.1, 0.15) is 26.3 Å². The number of hydrogen-bond acceptors (Lipinski definition) is 5. The van der Waals surface area contributed by atoms with Gasteiger partial charge in [-0.15, -0.1) is 0 Å². The van der Waals surface area contributed by atoms with Gasteiger partial charge in [-0.1, -0.05) is 12.1 Å². The van der Waals surface area contributed by atoms with Gasteiger partial charge in [0, 0.05) is 12.1 Å². The number of carbonyl (C=O) groups excluding carboxylic acids is 2. The van der Waals surface area contributed by atoms with E-state index in [0.29, 0.717) is 5.56 Å². The van der Waals surface area contributed by atoms with E-state index in [-0.39, 0.29) is 24.4 Å². The molecule has 0 unspecified atom stereocenters. The SMILES string of the molecule is CC(C)(C)OC(=O)NCC(=O)C(Cc1ccc([N+](=O)[O-])cc1)=[N+]=[N-]. The quantitative estimate of drug-likeness (QED) is 0.279. The molecule has 0 aliphatic heterocycles. The van der Waals surface area contributed by atoms with Crippen LogP contribution in [0.4, 0.5) is 10.5 Å². The number of Topliss-reactive ketones (excluding diaryl/α,β-unsaturated/α-hetero) is 1. The van der Waals surface area contributed by atoms with Crippen LogP contribution in [0, 0.1) is 10.1 Å². The molecule has 1 aromatic rings. The summed E-state index contributed by atoms with van der Waals surface area (Å²) in [6.45, 7) is 4.66. The number of ether oxygens (including phenoxy) is 1. The second-order valence-electron chi connectivity index (χ2n) is 5.93. The van der Waals surface area contributed by atoms with Gasteiger partial charge in [-0.3, -0.25) is 14.9 Å². The Bertz CT molecular complexity index is 685. The molecule has 128 valence electrons. The summed E-state index contributed by atoms with van der Waals surface area (Å²) in [5.41, 5.74) is 8.56. The maximum Gasteiger partial charge on any atom is 0.408 e. The molecule has 9 nitrogen and oxygen atoms in total. The molecule has 0 saturated carbocycles. The van der Waals surface area contributed by atoms with E-state index < -0.39 is 22.4 Å². The molecular weight excluding hydrogens is 316 g/mol. The molecule has 0 aliphatic carbocycles. The number of nitrogens with zero attached hydrogens (tertiary/aromatic N) is 3. The summed E-state index contributed by atoms with van der Waals surface area (Å²) in [4.78, 5) is 36.4. The Balaban J connectivity index is 2.63. The second-order valence-corrected chi connectivity index (χ2v) is 5.93. The predicted octanol–water partition coefficient (Wildman–Crippen LogP) is 1.90. The van der Waals surface area contributed by atoms with Crippen molar-refractivity contribution in [1.82, 2.24) is 5.32 Å². The van der Waals surface area contributed by atoms with Gasteiger partial charge in [0.2, 0.25) is 0 Å². The Labute approximate surface area is 138 Å². The molecule has 0 heterocycles. The zero-order valence-electron chi connectivity index (χ0n) is 13.6. The fraction of sp³-hybridized carbons (Fsp3) is 0.400. The van der Waals surface area contributed by atoms with Gasteiger partial charge in [-0.25, -0.2) is 4.79 Å². The van der Waals surface area contributed by atoms with Gasteiger partial charge in [-0.05, 0) is 26.3 Å². The minimum Gasteiger partial charge on any atom is -0.444 e. The van der Waals surface area contributed by atoms with E-state index >= 15 is 0 Å². The summed E-state index contributed by atoms with van der Waals surface area (Å²) in [5.74, 6) is -0.596. The van der Waals surface area contributed by atoms with Gasteiger partial charge in [0.25, 0.3) is 11.5 Å². The number of ketones is 1. The van der Waals surface area contributed by atoms with Crippen molar-refractivity contribution >= 4 is 23.3 Å². The second kappa shape index (κ2) is 7.98. The number of nitrogens with one attached hydrogen (secondary N) is 1. The highest BCUT2D eigenvalue weighted by Gasteiger charge is 2.23. The van der Waals surface area contributed by atoms with Gasteiger partial charge in [-0.2, -0.15) is 4.79 Å². The number of alkyl carbamates (subject to hydrolysis) is 1. The van der Waals surface area contributed by atoms with E-state index in [9.17, 15) is 19.7 Å². The molecule has 0 spiro atoms. The minimum absolute atomic E-state index is 0.0245. The zero-order valence-corrected chi connectivity index (χ0v) is 13.6. The Morgan fingerprint density at radius 2 is 1.88 bits per heavy atom. The van der Waals surface area contributed by atoms with Crippen LogP contribution < -0.4 is 5.32 Å². The molecule has 1 aromatic carbocycles. The van der Waals surface area contributed by atoms with Crippen molar-refractivity contribution in [2.24, 2.45) is 0 Å². The van der Waals surface area contributed by atoms with Gasteiger partial charge >= 0.3 is 11.8 Å². The third-order valence-corrected chi connectivity index (χ3v) is 2.75. The molecule has 1 N–H and O–H groups in total. The summed E-state index contributed by atoms with van der Waals surface area (Å²) in [6.07, 6.45) is -0.785. The third kappa shape index (κ3) is 6.37. The fourth-order valence-electron chi connectivity index (χ4n) is 1.69. The van der Waals surface area contributed by atoms with Crippen LogP contribution in [0.2, 0.25) is 0 Å². The number of rotatable bonds is 6. The summed E-state index contributed by atoms with van der Waals surface area (Å²) in [7, 11) is 0. The normalized spacial score (nSPS) is 10.5. The van der Waals surface area contributed by atoms with Crippen molar-refractivity contribution in [1.29, 1.82) is 0 Å². The Hall–Kier alpha value is -3.06. The first-order valence-corrected chi connectivity index (χ1v) is 7.06. The first kappa shape index (κ1) is 19.0. The number of carbonyl (C=O) groups is 2. The molecule has 0 fully saturated rings. The lowest BCUT2D eigenvalue weighted by atomic mass is 10.1. The van der Waals surface area contributed by atoms with Crippen molar-refractivity contribution in [2.75, 3.05) is 6.54 Å². The van der Waals surface area contributed by atoms with Crippen molar-refractivity contribution in [3.63, 3.8) is 0 Å². The predicted molar refractivity (Wildman–Crippen MR) is 84.7 cm³/mol. The van der Waals surface area contributed by atoms with Crippen molar-refractivity contribution in [2.45, 2.75) is 32.8 Å². The topological polar surface area (TPSA) is 135 Å². The van der Waals surface area contributed by atoms with Crippen LogP contribution in [0.5, 0.6) is 0 Å². The summed E-state index contributed by atoms with van der Waals surface area (Å²) in [6, 6.07) is 5.48. The van der Waals surface area contributed by atoms with Gasteiger partial charge in [0.05, 0.1) is 17.9 Å². The molecule has 0 atom stereocenters. The summed E-state index contributed by atoms with van der Waals surface area (Å²) < 4.78 is 4.99. The third-order valence-electron chi connectivity index (χ3n) is 2.75. The van der Waals surface area contributed by atoms with Crippen LogP contribution in [0.15, 0.2) is 24.3 Å². The van der Waals surface area contributed by atoms with Gasteiger partial charge in [0.1, 0.15) is 5.60 Å².